The van der Waals surface area contributed by atoms with Gasteiger partial charge in [-0.15, -0.1) is 0 Å². The smallest absolute Gasteiger partial charge is 0.0369 e. The van der Waals surface area contributed by atoms with Crippen LogP contribution in [-0.2, 0) is 0 Å². The summed E-state index contributed by atoms with van der Waals surface area (Å²) in [5.74, 6) is 0.688. The summed E-state index contributed by atoms with van der Waals surface area (Å²) >= 11 is 0. The van der Waals surface area contributed by atoms with Crippen molar-refractivity contribution < 1.29 is 0 Å². The van der Waals surface area contributed by atoms with Gasteiger partial charge in [-0.05, 0) is 23.4 Å². The zero-order chi connectivity index (χ0) is 12.2. The van der Waals surface area contributed by atoms with Crippen LogP contribution in [0.1, 0.15) is 46.2 Å². The Labute approximate surface area is 100 Å². The number of benzene rings is 1. The normalized spacial score (nSPS) is 14.1. The fourth-order valence-corrected chi connectivity index (χ4v) is 1.92. The Hall–Kier alpha value is -0.820. The second-order valence-electron chi connectivity index (χ2n) is 6.01. The van der Waals surface area contributed by atoms with Crippen LogP contribution in [0.3, 0.4) is 0 Å². The molecular weight excluding hydrogens is 194 g/mol. The van der Waals surface area contributed by atoms with E-state index in [1.165, 1.54) is 5.56 Å². The molecule has 0 fully saturated rings. The van der Waals surface area contributed by atoms with Crippen LogP contribution in [0.2, 0.25) is 0 Å². The molecule has 0 bridgehead atoms. The van der Waals surface area contributed by atoms with Crippen LogP contribution in [-0.4, -0.2) is 6.54 Å². The Balaban J connectivity index is 2.81. The number of rotatable bonds is 4. The third-order valence-electron chi connectivity index (χ3n) is 2.73. The Kier molecular flexibility index (Phi) is 4.55. The third kappa shape index (κ3) is 3.97. The van der Waals surface area contributed by atoms with Gasteiger partial charge in [-0.25, -0.2) is 0 Å². The van der Waals surface area contributed by atoms with Gasteiger partial charge in [0.2, 0.25) is 0 Å². The number of hydrogen-bond donors (Lipinski definition) is 1. The molecule has 0 aliphatic carbocycles. The van der Waals surface area contributed by atoms with Crippen molar-refractivity contribution in [3.8, 4) is 0 Å². The van der Waals surface area contributed by atoms with Gasteiger partial charge in [0.15, 0.2) is 0 Å². The average molecular weight is 219 g/mol. The lowest BCUT2D eigenvalue weighted by Crippen LogP contribution is -2.34. The average Bonchev–Trinajstić information content (AvgIpc) is 2.17. The molecule has 0 amide bonds. The number of hydrogen-bond acceptors (Lipinski definition) is 1. The van der Waals surface area contributed by atoms with Gasteiger partial charge in [0.1, 0.15) is 0 Å². The van der Waals surface area contributed by atoms with E-state index in [2.05, 4.69) is 70.3 Å². The van der Waals surface area contributed by atoms with Gasteiger partial charge in [-0.3, -0.25) is 0 Å². The van der Waals surface area contributed by atoms with Crippen molar-refractivity contribution in [3.05, 3.63) is 35.9 Å². The van der Waals surface area contributed by atoms with E-state index >= 15 is 0 Å². The molecule has 1 aromatic rings. The van der Waals surface area contributed by atoms with E-state index in [1.54, 1.807) is 0 Å². The van der Waals surface area contributed by atoms with Crippen LogP contribution in [0.25, 0.3) is 0 Å². The molecule has 90 valence electrons. The third-order valence-corrected chi connectivity index (χ3v) is 2.73. The van der Waals surface area contributed by atoms with E-state index in [0.29, 0.717) is 12.0 Å². The molecule has 16 heavy (non-hydrogen) atoms. The molecule has 1 N–H and O–H groups in total. The zero-order valence-electron chi connectivity index (χ0n) is 11.2. The van der Waals surface area contributed by atoms with Gasteiger partial charge in [-0.2, -0.15) is 0 Å². The molecule has 0 aliphatic heterocycles. The molecule has 0 saturated heterocycles. The molecule has 1 aromatic carbocycles. The maximum absolute atomic E-state index is 3.68. The lowest BCUT2D eigenvalue weighted by atomic mass is 9.82. The monoisotopic (exact) mass is 219 g/mol. The van der Waals surface area contributed by atoms with Crippen molar-refractivity contribution >= 4 is 0 Å². The lowest BCUT2D eigenvalue weighted by molar-refractivity contribution is 0.264. The largest absolute Gasteiger partial charge is 0.309 e. The maximum atomic E-state index is 3.68. The van der Waals surface area contributed by atoms with Crippen molar-refractivity contribution in [1.29, 1.82) is 0 Å². The first-order valence-corrected chi connectivity index (χ1v) is 6.19. The predicted octanol–water partition coefficient (Wildman–Crippen LogP) is 4.02. The van der Waals surface area contributed by atoms with Gasteiger partial charge in [0.05, 0.1) is 0 Å². The fraction of sp³-hybridized carbons (Fsp3) is 0.600. The summed E-state index contributed by atoms with van der Waals surface area (Å²) in [5, 5.41) is 3.68. The van der Waals surface area contributed by atoms with Crippen molar-refractivity contribution in [1.82, 2.24) is 5.32 Å². The summed E-state index contributed by atoms with van der Waals surface area (Å²) in [6, 6.07) is 11.2. The molecule has 1 unspecified atom stereocenters. The minimum atomic E-state index is 0.246. The molecule has 0 aromatic heterocycles. The standard InChI is InChI=1S/C15H25N/c1-12(2)11-16-14(15(3,4)5)13-9-7-6-8-10-13/h6-10,12,14,16H,11H2,1-5H3. The topological polar surface area (TPSA) is 12.0 Å². The van der Waals surface area contributed by atoms with Crippen molar-refractivity contribution in [2.45, 2.75) is 40.7 Å². The SMILES string of the molecule is CC(C)CNC(c1ccccc1)C(C)(C)C. The zero-order valence-corrected chi connectivity index (χ0v) is 11.2. The fourth-order valence-electron chi connectivity index (χ4n) is 1.92. The highest BCUT2D eigenvalue weighted by molar-refractivity contribution is 5.20. The Morgan fingerprint density at radius 2 is 1.62 bits per heavy atom. The van der Waals surface area contributed by atoms with Crippen LogP contribution in [0, 0.1) is 11.3 Å². The molecule has 1 atom stereocenters. The van der Waals surface area contributed by atoms with Crippen LogP contribution in [0.15, 0.2) is 30.3 Å². The van der Waals surface area contributed by atoms with Gasteiger partial charge in [0.25, 0.3) is 0 Å². The van der Waals surface area contributed by atoms with E-state index < -0.39 is 0 Å². The first-order valence-electron chi connectivity index (χ1n) is 6.19. The molecular formula is C15H25N. The van der Waals surface area contributed by atoms with Gasteiger partial charge in [-0.1, -0.05) is 65.0 Å². The minimum Gasteiger partial charge on any atom is -0.309 e. The van der Waals surface area contributed by atoms with Crippen molar-refractivity contribution in [2.24, 2.45) is 11.3 Å². The van der Waals surface area contributed by atoms with E-state index in [9.17, 15) is 0 Å². The summed E-state index contributed by atoms with van der Waals surface area (Å²) in [4.78, 5) is 0. The molecule has 0 spiro atoms. The Bertz CT molecular complexity index is 295. The predicted molar refractivity (Wildman–Crippen MR) is 71.5 cm³/mol. The van der Waals surface area contributed by atoms with Crippen LogP contribution >= 0.6 is 0 Å². The molecule has 1 rings (SSSR count). The second-order valence-corrected chi connectivity index (χ2v) is 6.01. The van der Waals surface area contributed by atoms with E-state index in [4.69, 9.17) is 0 Å². The van der Waals surface area contributed by atoms with Crippen molar-refractivity contribution in [3.63, 3.8) is 0 Å². The van der Waals surface area contributed by atoms with Gasteiger partial charge < -0.3 is 5.32 Å². The summed E-state index contributed by atoms with van der Waals surface area (Å²) in [6.45, 7) is 12.4. The van der Waals surface area contributed by atoms with Crippen LogP contribution in [0.5, 0.6) is 0 Å². The molecule has 1 nitrogen and oxygen atoms in total. The Morgan fingerprint density at radius 1 is 1.06 bits per heavy atom. The minimum absolute atomic E-state index is 0.246. The summed E-state index contributed by atoms with van der Waals surface area (Å²) < 4.78 is 0. The van der Waals surface area contributed by atoms with Crippen LogP contribution in [0.4, 0.5) is 0 Å². The summed E-state index contributed by atoms with van der Waals surface area (Å²) in [5.41, 5.74) is 1.63. The van der Waals surface area contributed by atoms with Gasteiger partial charge in [0, 0.05) is 6.04 Å². The highest BCUT2D eigenvalue weighted by atomic mass is 14.9. The summed E-state index contributed by atoms with van der Waals surface area (Å²) in [6.07, 6.45) is 0. The first-order chi connectivity index (χ1) is 7.41. The molecule has 0 saturated carbocycles. The van der Waals surface area contributed by atoms with Crippen LogP contribution < -0.4 is 5.32 Å². The Morgan fingerprint density at radius 3 is 2.06 bits per heavy atom. The molecule has 0 aliphatic rings. The molecule has 0 heterocycles. The maximum Gasteiger partial charge on any atom is 0.0369 e. The van der Waals surface area contributed by atoms with E-state index in [0.717, 1.165) is 6.54 Å². The number of nitrogens with one attached hydrogen (secondary N) is 1. The van der Waals surface area contributed by atoms with E-state index in [1.807, 2.05) is 0 Å². The van der Waals surface area contributed by atoms with Gasteiger partial charge >= 0.3 is 0 Å². The first kappa shape index (κ1) is 13.2. The summed E-state index contributed by atoms with van der Waals surface area (Å²) in [7, 11) is 0. The quantitative estimate of drug-likeness (QED) is 0.806. The second kappa shape index (κ2) is 5.49. The highest BCUT2D eigenvalue weighted by Gasteiger charge is 2.25. The lowest BCUT2D eigenvalue weighted by Gasteiger charge is -2.32. The van der Waals surface area contributed by atoms with Crippen molar-refractivity contribution in [2.75, 3.05) is 6.54 Å². The molecule has 0 radical (unpaired) electrons. The van der Waals surface area contributed by atoms with E-state index in [-0.39, 0.29) is 5.41 Å². The highest BCUT2D eigenvalue weighted by Crippen LogP contribution is 2.32. The molecule has 1 heteroatoms.